The summed E-state index contributed by atoms with van der Waals surface area (Å²) < 4.78 is 0. The topological polar surface area (TPSA) is 153 Å². The zero-order chi connectivity index (χ0) is 21.8. The zero-order valence-corrected chi connectivity index (χ0v) is 16.8. The van der Waals surface area contributed by atoms with Gasteiger partial charge < -0.3 is 20.8 Å². The van der Waals surface area contributed by atoms with Crippen LogP contribution in [0.4, 0.5) is 0 Å². The highest BCUT2D eigenvalue weighted by molar-refractivity contribution is 6.34. The second kappa shape index (κ2) is 8.80. The van der Waals surface area contributed by atoms with Gasteiger partial charge in [0.2, 0.25) is 5.84 Å². The van der Waals surface area contributed by atoms with Crippen molar-refractivity contribution in [1.82, 2.24) is 15.6 Å². The molecule has 0 fully saturated rings. The number of carbonyl (C=O) groups is 3. The average molecular weight is 403 g/mol. The van der Waals surface area contributed by atoms with E-state index in [1.54, 1.807) is 19.2 Å². The number of hydrogen-bond donors (Lipinski definition) is 4. The summed E-state index contributed by atoms with van der Waals surface area (Å²) in [6.07, 6.45) is 2.30. The predicted octanol–water partition coefficient (Wildman–Crippen LogP) is 0.706. The van der Waals surface area contributed by atoms with Gasteiger partial charge in [0, 0.05) is 12.7 Å². The molecule has 0 aromatic carbocycles. The van der Waals surface area contributed by atoms with E-state index in [1.807, 2.05) is 20.8 Å². The van der Waals surface area contributed by atoms with Gasteiger partial charge in [-0.25, -0.2) is 14.6 Å². The standard InChI is InChI=1S/C15H19N3O3.C4H6N2O2/c1-5-9-6-10(13(19)20)11(16-7-9)12-17-14(21)15(4,18-12)8(2)3;7-4(8)3-5-1-2-6-3/h6-8H,5H2,1-4H3,(H,19,20)(H,17,18,21);1-2H2,(H,5,6)(H,7,8). The molecule has 1 unspecified atom stereocenters. The predicted molar refractivity (Wildman–Crippen MR) is 106 cm³/mol. The van der Waals surface area contributed by atoms with Crippen molar-refractivity contribution >= 4 is 29.5 Å². The van der Waals surface area contributed by atoms with Crippen LogP contribution in [0.25, 0.3) is 0 Å². The molecule has 0 saturated heterocycles. The van der Waals surface area contributed by atoms with Crippen molar-refractivity contribution in [1.29, 1.82) is 0 Å². The number of carboxylic acid groups (broad SMARTS) is 2. The summed E-state index contributed by atoms with van der Waals surface area (Å²) in [6.45, 7) is 8.70. The van der Waals surface area contributed by atoms with E-state index in [0.717, 1.165) is 5.56 Å². The third-order valence-corrected chi connectivity index (χ3v) is 4.84. The molecule has 156 valence electrons. The Morgan fingerprint density at radius 1 is 1.28 bits per heavy atom. The second-order valence-electron chi connectivity index (χ2n) is 7.08. The zero-order valence-electron chi connectivity index (χ0n) is 16.8. The first-order valence-electron chi connectivity index (χ1n) is 9.25. The first-order valence-corrected chi connectivity index (χ1v) is 9.25. The van der Waals surface area contributed by atoms with E-state index in [2.05, 4.69) is 25.6 Å². The summed E-state index contributed by atoms with van der Waals surface area (Å²) in [5.41, 5.74) is 0.197. The molecule has 4 N–H and O–H groups in total. The van der Waals surface area contributed by atoms with Crippen LogP contribution in [0.2, 0.25) is 0 Å². The molecule has 1 amide bonds. The fourth-order valence-corrected chi connectivity index (χ4v) is 2.64. The molecular formula is C19H25N5O5. The molecule has 10 nitrogen and oxygen atoms in total. The smallest absolute Gasteiger partial charge is 0.371 e. The molecule has 0 radical (unpaired) electrons. The van der Waals surface area contributed by atoms with Gasteiger partial charge in [-0.1, -0.05) is 20.8 Å². The maximum atomic E-state index is 12.1. The van der Waals surface area contributed by atoms with Gasteiger partial charge in [-0.15, -0.1) is 0 Å². The van der Waals surface area contributed by atoms with Crippen LogP contribution < -0.4 is 10.6 Å². The van der Waals surface area contributed by atoms with Gasteiger partial charge in [0.25, 0.3) is 5.91 Å². The normalized spacial score (nSPS) is 20.2. The van der Waals surface area contributed by atoms with E-state index in [1.165, 1.54) is 0 Å². The Kier molecular flexibility index (Phi) is 6.68. The first-order chi connectivity index (χ1) is 13.6. The molecule has 0 aliphatic carbocycles. The minimum Gasteiger partial charge on any atom is -0.478 e. The van der Waals surface area contributed by atoms with Gasteiger partial charge in [-0.05, 0) is 30.9 Å². The number of hydrogen-bond acceptors (Lipinski definition) is 7. The van der Waals surface area contributed by atoms with Crippen LogP contribution in [0, 0.1) is 5.92 Å². The van der Waals surface area contributed by atoms with Crippen molar-refractivity contribution in [2.24, 2.45) is 15.9 Å². The van der Waals surface area contributed by atoms with E-state index in [9.17, 15) is 19.5 Å². The van der Waals surface area contributed by atoms with Crippen LogP contribution in [0.15, 0.2) is 22.2 Å². The average Bonchev–Trinajstić information content (AvgIpc) is 3.31. The number of nitrogens with zero attached hydrogens (tertiary/aromatic N) is 3. The van der Waals surface area contributed by atoms with Gasteiger partial charge in [-0.2, -0.15) is 0 Å². The Bertz CT molecular complexity index is 893. The van der Waals surface area contributed by atoms with Crippen LogP contribution in [0.1, 0.15) is 49.3 Å². The molecule has 2 aliphatic rings. The van der Waals surface area contributed by atoms with E-state index >= 15 is 0 Å². The summed E-state index contributed by atoms with van der Waals surface area (Å²) in [5.74, 6) is -1.96. The molecule has 0 saturated carbocycles. The summed E-state index contributed by atoms with van der Waals surface area (Å²) in [5, 5.41) is 22.8. The number of carboxylic acids is 2. The lowest BCUT2D eigenvalue weighted by Gasteiger charge is -2.21. The highest BCUT2D eigenvalue weighted by atomic mass is 16.4. The van der Waals surface area contributed by atoms with Crippen molar-refractivity contribution in [2.45, 2.75) is 39.7 Å². The highest BCUT2D eigenvalue weighted by Gasteiger charge is 2.43. The van der Waals surface area contributed by atoms with E-state index in [-0.39, 0.29) is 34.8 Å². The molecule has 3 heterocycles. The SMILES string of the molecule is CCc1cnc(C2=NC(C)(C(C)C)C(=O)N2)c(C(=O)O)c1.O=C(O)C1=NCCN1. The third kappa shape index (κ3) is 4.76. The number of carbonyl (C=O) groups excluding carboxylic acids is 1. The van der Waals surface area contributed by atoms with Gasteiger partial charge in [0.15, 0.2) is 5.84 Å². The molecule has 10 heteroatoms. The summed E-state index contributed by atoms with van der Waals surface area (Å²) >= 11 is 0. The number of pyridine rings is 1. The minimum atomic E-state index is -1.08. The summed E-state index contributed by atoms with van der Waals surface area (Å²) in [4.78, 5) is 45.8. The lowest BCUT2D eigenvalue weighted by Crippen LogP contribution is -2.41. The highest BCUT2D eigenvalue weighted by Crippen LogP contribution is 2.27. The Morgan fingerprint density at radius 3 is 2.38 bits per heavy atom. The number of aliphatic carboxylic acids is 1. The van der Waals surface area contributed by atoms with Crippen molar-refractivity contribution in [2.75, 3.05) is 13.1 Å². The Balaban J connectivity index is 0.000000313. The molecule has 0 bridgehead atoms. The molecule has 29 heavy (non-hydrogen) atoms. The van der Waals surface area contributed by atoms with E-state index in [4.69, 9.17) is 5.11 Å². The van der Waals surface area contributed by atoms with Crippen molar-refractivity contribution in [3.05, 3.63) is 29.1 Å². The monoisotopic (exact) mass is 403 g/mol. The summed E-state index contributed by atoms with van der Waals surface area (Å²) in [6, 6.07) is 1.57. The van der Waals surface area contributed by atoms with Crippen molar-refractivity contribution < 1.29 is 24.6 Å². The molecular weight excluding hydrogens is 378 g/mol. The maximum absolute atomic E-state index is 12.1. The molecule has 2 aliphatic heterocycles. The number of amides is 1. The quantitative estimate of drug-likeness (QED) is 0.564. The van der Waals surface area contributed by atoms with Gasteiger partial charge in [0.05, 0.1) is 12.1 Å². The Morgan fingerprint density at radius 2 is 1.97 bits per heavy atom. The van der Waals surface area contributed by atoms with Crippen LogP contribution in [0.5, 0.6) is 0 Å². The number of amidine groups is 2. The Hall–Kier alpha value is -3.30. The number of rotatable bonds is 5. The van der Waals surface area contributed by atoms with Gasteiger partial charge >= 0.3 is 11.9 Å². The largest absolute Gasteiger partial charge is 0.478 e. The number of aliphatic imine (C=N–C) groups is 2. The van der Waals surface area contributed by atoms with Crippen LogP contribution in [-0.2, 0) is 16.0 Å². The fourth-order valence-electron chi connectivity index (χ4n) is 2.64. The van der Waals surface area contributed by atoms with Crippen molar-refractivity contribution in [3.63, 3.8) is 0 Å². The van der Waals surface area contributed by atoms with Crippen LogP contribution in [0.3, 0.4) is 0 Å². The molecule has 1 aromatic rings. The first kappa shape index (κ1) is 22.0. The lowest BCUT2D eigenvalue weighted by molar-refractivity contribution is -0.129. The number of nitrogens with one attached hydrogen (secondary N) is 2. The third-order valence-electron chi connectivity index (χ3n) is 4.84. The summed E-state index contributed by atoms with van der Waals surface area (Å²) in [7, 11) is 0. The molecule has 1 aromatic heterocycles. The number of aromatic carboxylic acids is 1. The molecule has 3 rings (SSSR count). The Labute approximate surface area is 168 Å². The van der Waals surface area contributed by atoms with E-state index < -0.39 is 17.5 Å². The number of aromatic nitrogens is 1. The van der Waals surface area contributed by atoms with E-state index in [0.29, 0.717) is 19.5 Å². The molecule has 1 atom stereocenters. The van der Waals surface area contributed by atoms with Crippen LogP contribution in [-0.4, -0.2) is 63.3 Å². The lowest BCUT2D eigenvalue weighted by atomic mass is 9.89. The maximum Gasteiger partial charge on any atom is 0.371 e. The number of aryl methyl sites for hydroxylation is 1. The molecule has 0 spiro atoms. The van der Waals surface area contributed by atoms with Crippen LogP contribution >= 0.6 is 0 Å². The van der Waals surface area contributed by atoms with Crippen molar-refractivity contribution in [3.8, 4) is 0 Å². The second-order valence-corrected chi connectivity index (χ2v) is 7.08. The minimum absolute atomic E-state index is 0.00167. The van der Waals surface area contributed by atoms with Gasteiger partial charge in [-0.3, -0.25) is 14.8 Å². The van der Waals surface area contributed by atoms with Gasteiger partial charge in [0.1, 0.15) is 11.2 Å². The fraction of sp³-hybridized carbons (Fsp3) is 0.474.